The summed E-state index contributed by atoms with van der Waals surface area (Å²) < 4.78 is 12.6. The van der Waals surface area contributed by atoms with Gasteiger partial charge in [-0.15, -0.1) is 6.58 Å². The van der Waals surface area contributed by atoms with Crippen LogP contribution in [0, 0.1) is 5.92 Å². The number of aromatic amines is 1. The number of fused-ring (bicyclic) bond motifs is 3. The number of ether oxygens (including phenoxy) is 2. The number of aromatic nitrogens is 1. The molecule has 11 heteroatoms. The van der Waals surface area contributed by atoms with Crippen LogP contribution in [0.1, 0.15) is 37.3 Å². The Bertz CT molecular complexity index is 2010. The number of amides is 3. The summed E-state index contributed by atoms with van der Waals surface area (Å²) in [5.41, 5.74) is 2.31. The molecule has 3 amide bonds. The summed E-state index contributed by atoms with van der Waals surface area (Å²) in [5, 5.41) is 15.3. The number of nitrogens with zero attached hydrogens (tertiary/aromatic N) is 2. The zero-order valence-corrected chi connectivity index (χ0v) is 31.4. The second kappa shape index (κ2) is 14.0. The number of hydrogen-bond donors (Lipinski definition) is 3. The van der Waals surface area contributed by atoms with Gasteiger partial charge >= 0.3 is 0 Å². The molecule has 4 heterocycles. The van der Waals surface area contributed by atoms with Crippen molar-refractivity contribution in [2.75, 3.05) is 37.0 Å². The van der Waals surface area contributed by atoms with E-state index in [2.05, 4.69) is 49.0 Å². The van der Waals surface area contributed by atoms with E-state index >= 15 is 0 Å². The van der Waals surface area contributed by atoms with Crippen LogP contribution in [-0.4, -0.2) is 79.7 Å². The first-order chi connectivity index (χ1) is 25.0. The molecule has 7 rings (SSSR count). The number of carbonyl (C=O) groups is 3. The molecule has 0 radical (unpaired) electrons. The SMILES string of the molecule is C=CCN1C(=O)[C@@]2(O[C@@H](CC(=O)N3CCC[C@H]3CO)[C@H]([Si](C)(C)c3ccc(OC)cc3)[C@H]2C)c2cc(NC(=O)Cc3c[nH]c4ccccc34)ccc21. The van der Waals surface area contributed by atoms with E-state index in [0.29, 0.717) is 23.5 Å². The Morgan fingerprint density at radius 3 is 2.65 bits per heavy atom. The molecule has 272 valence electrons. The van der Waals surface area contributed by atoms with Crippen LogP contribution < -0.4 is 20.1 Å². The minimum atomic E-state index is -2.49. The Morgan fingerprint density at radius 2 is 1.92 bits per heavy atom. The number of carbonyl (C=O) groups excluding carboxylic acids is 3. The van der Waals surface area contributed by atoms with Crippen LogP contribution in [0.5, 0.6) is 5.75 Å². The van der Waals surface area contributed by atoms with Gasteiger partial charge in [-0.2, -0.15) is 0 Å². The van der Waals surface area contributed by atoms with Gasteiger partial charge in [0.15, 0.2) is 5.60 Å². The van der Waals surface area contributed by atoms with E-state index in [4.69, 9.17) is 9.47 Å². The maximum absolute atomic E-state index is 14.9. The highest BCUT2D eigenvalue weighted by atomic mass is 28.3. The molecule has 0 saturated carbocycles. The zero-order valence-electron chi connectivity index (χ0n) is 30.4. The number of rotatable bonds is 11. The van der Waals surface area contributed by atoms with Gasteiger partial charge in [-0.3, -0.25) is 14.4 Å². The van der Waals surface area contributed by atoms with Crippen LogP contribution in [0.3, 0.4) is 0 Å². The summed E-state index contributed by atoms with van der Waals surface area (Å²) in [7, 11) is -0.844. The van der Waals surface area contributed by atoms with Gasteiger partial charge < -0.3 is 34.7 Å². The number of aliphatic hydroxyl groups excluding tert-OH is 1. The number of benzene rings is 3. The molecule has 2 fully saturated rings. The standard InChI is InChI=1S/C41H48N4O6Si/c1-6-19-45-35-18-13-28(43-37(47)21-27-24-42-34-12-8-7-11-32(27)34)22-33(35)41(40(45)49)26(2)39(52(4,5)31-16-14-30(50-3)15-17-31)36(51-41)23-38(48)44-20-9-10-29(44)25-46/h6-8,11-18,22,24,26,29,36,39,42,46H,1,9-10,19-21,23,25H2,2-5H3,(H,43,47)/t26-,29+,36+,39-,41+/m1/s1. The fourth-order valence-corrected chi connectivity index (χ4v) is 13.2. The molecule has 3 aromatic carbocycles. The van der Waals surface area contributed by atoms with Crippen LogP contribution >= 0.6 is 0 Å². The van der Waals surface area contributed by atoms with Gasteiger partial charge in [0.1, 0.15) is 5.75 Å². The fraction of sp³-hybridized carbons (Fsp3) is 0.390. The largest absolute Gasteiger partial charge is 0.497 e. The summed E-state index contributed by atoms with van der Waals surface area (Å²) in [6.07, 6.45) is 4.89. The third-order valence-electron chi connectivity index (χ3n) is 11.7. The van der Waals surface area contributed by atoms with Crippen molar-refractivity contribution in [3.05, 3.63) is 96.7 Å². The minimum absolute atomic E-state index is 0.0674. The number of likely N-dealkylation sites (tertiary alicyclic amines) is 1. The summed E-state index contributed by atoms with van der Waals surface area (Å²) in [5.74, 6) is 0.00784. The molecule has 3 N–H and O–H groups in total. The molecule has 5 atom stereocenters. The first-order valence-electron chi connectivity index (χ1n) is 18.2. The summed E-state index contributed by atoms with van der Waals surface area (Å²) in [6.45, 7) is 11.4. The number of hydrogen-bond acceptors (Lipinski definition) is 6. The third kappa shape index (κ3) is 5.94. The molecule has 1 spiro atoms. The lowest BCUT2D eigenvalue weighted by atomic mass is 9.82. The molecular formula is C41H48N4O6Si. The normalized spacial score (nSPS) is 24.1. The highest BCUT2D eigenvalue weighted by Gasteiger charge is 2.66. The molecule has 1 aromatic heterocycles. The lowest BCUT2D eigenvalue weighted by molar-refractivity contribution is -0.149. The summed E-state index contributed by atoms with van der Waals surface area (Å²) >= 11 is 0. The molecule has 10 nitrogen and oxygen atoms in total. The molecule has 0 bridgehead atoms. The van der Waals surface area contributed by atoms with Gasteiger partial charge in [0.2, 0.25) is 11.8 Å². The molecule has 3 aliphatic heterocycles. The number of anilines is 2. The van der Waals surface area contributed by atoms with Gasteiger partial charge in [0.05, 0.1) is 52.5 Å². The average Bonchev–Trinajstić information content (AvgIpc) is 3.90. The maximum atomic E-state index is 14.9. The smallest absolute Gasteiger partial charge is 0.264 e. The molecule has 2 saturated heterocycles. The Labute approximate surface area is 305 Å². The van der Waals surface area contributed by atoms with Crippen molar-refractivity contribution in [2.45, 2.75) is 69.0 Å². The first-order valence-corrected chi connectivity index (χ1v) is 21.3. The average molecular weight is 721 g/mol. The van der Waals surface area contributed by atoms with Crippen molar-refractivity contribution < 1.29 is 29.0 Å². The Balaban J connectivity index is 1.27. The van der Waals surface area contributed by atoms with Gasteiger partial charge in [-0.25, -0.2) is 0 Å². The van der Waals surface area contributed by atoms with E-state index in [0.717, 1.165) is 35.1 Å². The van der Waals surface area contributed by atoms with Gasteiger partial charge in [0, 0.05) is 47.4 Å². The van der Waals surface area contributed by atoms with E-state index in [9.17, 15) is 19.5 Å². The zero-order chi connectivity index (χ0) is 36.8. The monoisotopic (exact) mass is 720 g/mol. The Kier molecular flexibility index (Phi) is 9.62. The fourth-order valence-electron chi connectivity index (χ4n) is 9.20. The number of nitrogens with one attached hydrogen (secondary N) is 2. The second-order valence-corrected chi connectivity index (χ2v) is 19.6. The van der Waals surface area contributed by atoms with Crippen molar-refractivity contribution in [3.63, 3.8) is 0 Å². The van der Waals surface area contributed by atoms with Crippen LogP contribution in [-0.2, 0) is 31.1 Å². The summed E-state index contributed by atoms with van der Waals surface area (Å²) in [4.78, 5) is 49.1. The molecule has 0 aliphatic carbocycles. The lowest BCUT2D eigenvalue weighted by Crippen LogP contribution is -2.52. The topological polar surface area (TPSA) is 124 Å². The lowest BCUT2D eigenvalue weighted by Gasteiger charge is -2.37. The van der Waals surface area contributed by atoms with Crippen molar-refractivity contribution in [3.8, 4) is 5.75 Å². The van der Waals surface area contributed by atoms with E-state index in [1.807, 2.05) is 60.8 Å². The number of methoxy groups -OCH3 is 1. The quantitative estimate of drug-likeness (QED) is 0.139. The molecule has 0 unspecified atom stereocenters. The predicted octanol–water partition coefficient (Wildman–Crippen LogP) is 5.48. The van der Waals surface area contributed by atoms with E-state index in [1.54, 1.807) is 23.0 Å². The van der Waals surface area contributed by atoms with Crippen molar-refractivity contribution in [1.29, 1.82) is 0 Å². The molecule has 4 aromatic rings. The van der Waals surface area contributed by atoms with Gasteiger partial charge in [0.25, 0.3) is 5.91 Å². The Hall–Kier alpha value is -4.71. The maximum Gasteiger partial charge on any atom is 0.264 e. The minimum Gasteiger partial charge on any atom is -0.497 e. The predicted molar refractivity (Wildman–Crippen MR) is 206 cm³/mol. The van der Waals surface area contributed by atoms with Crippen molar-refractivity contribution >= 4 is 53.3 Å². The van der Waals surface area contributed by atoms with E-state index in [-0.39, 0.29) is 61.2 Å². The van der Waals surface area contributed by atoms with Gasteiger partial charge in [-0.05, 0) is 60.3 Å². The van der Waals surface area contributed by atoms with E-state index in [1.165, 1.54) is 5.19 Å². The van der Waals surface area contributed by atoms with Crippen LogP contribution in [0.25, 0.3) is 10.9 Å². The molecule has 3 aliphatic rings. The van der Waals surface area contributed by atoms with Gasteiger partial charge in [-0.1, -0.05) is 61.6 Å². The van der Waals surface area contributed by atoms with Crippen LogP contribution in [0.2, 0.25) is 18.6 Å². The van der Waals surface area contributed by atoms with Crippen LogP contribution in [0.4, 0.5) is 11.4 Å². The highest BCUT2D eigenvalue weighted by Crippen LogP contribution is 2.60. The number of H-pyrrole nitrogens is 1. The Morgan fingerprint density at radius 1 is 1.15 bits per heavy atom. The third-order valence-corrected chi connectivity index (χ3v) is 16.1. The molecule has 52 heavy (non-hydrogen) atoms. The first kappa shape index (κ1) is 35.7. The van der Waals surface area contributed by atoms with Crippen molar-refractivity contribution in [2.24, 2.45) is 5.92 Å². The summed E-state index contributed by atoms with van der Waals surface area (Å²) in [6, 6.07) is 21.4. The number of aliphatic hydroxyl groups is 1. The number of para-hydroxylation sites is 1. The van der Waals surface area contributed by atoms with E-state index < -0.39 is 19.8 Å². The second-order valence-electron chi connectivity index (χ2n) is 14.9. The molecular weight excluding hydrogens is 673 g/mol. The highest BCUT2D eigenvalue weighted by molar-refractivity contribution is 6.91. The van der Waals surface area contributed by atoms with Crippen molar-refractivity contribution in [1.82, 2.24) is 9.88 Å². The van der Waals surface area contributed by atoms with Crippen LogP contribution in [0.15, 0.2) is 85.6 Å².